The van der Waals surface area contributed by atoms with Gasteiger partial charge in [-0.15, -0.1) is 0 Å². The first-order valence-corrected chi connectivity index (χ1v) is 14.1. The summed E-state index contributed by atoms with van der Waals surface area (Å²) in [5.74, 6) is -3.21. The first-order chi connectivity index (χ1) is 18.6. The fourth-order valence-electron chi connectivity index (χ4n) is 8.56. The van der Waals surface area contributed by atoms with E-state index in [2.05, 4.69) is 6.92 Å². The van der Waals surface area contributed by atoms with E-state index in [4.69, 9.17) is 18.6 Å². The highest BCUT2D eigenvalue weighted by atomic mass is 16.6. The van der Waals surface area contributed by atoms with Crippen LogP contribution in [0.5, 0.6) is 0 Å². The average molecular weight is 557 g/mol. The van der Waals surface area contributed by atoms with Crippen LogP contribution in [0.1, 0.15) is 85.3 Å². The van der Waals surface area contributed by atoms with Crippen LogP contribution in [0.3, 0.4) is 0 Å². The molecule has 4 aliphatic rings. The number of esters is 3. The SMILES string of the molecule is COC(=O)CC1C(C)(C)C(OC(=O)C(C)C)C2(O)CC3=C4CC(=O)OC(c5ccoc5)C4(C)CCC3C1(C)C2=O. The second-order valence-electron chi connectivity index (χ2n) is 13.5. The second kappa shape index (κ2) is 9.29. The molecule has 7 atom stereocenters. The Bertz CT molecular complexity index is 1270. The fourth-order valence-corrected chi connectivity index (χ4v) is 8.56. The molecule has 2 bridgehead atoms. The van der Waals surface area contributed by atoms with Gasteiger partial charge in [-0.3, -0.25) is 19.2 Å². The fraction of sp³-hybridized carbons (Fsp3) is 0.677. The molecule has 3 fully saturated rings. The van der Waals surface area contributed by atoms with Gasteiger partial charge in [0.1, 0.15) is 12.2 Å². The molecule has 1 saturated heterocycles. The highest BCUT2D eigenvalue weighted by Gasteiger charge is 2.74. The van der Waals surface area contributed by atoms with E-state index < -0.39 is 63.6 Å². The van der Waals surface area contributed by atoms with Crippen LogP contribution in [0.2, 0.25) is 0 Å². The number of carbonyl (C=O) groups is 4. The normalized spacial score (nSPS) is 38.3. The lowest BCUT2D eigenvalue weighted by Gasteiger charge is -2.65. The number of aliphatic hydroxyl groups is 1. The van der Waals surface area contributed by atoms with Gasteiger partial charge in [-0.2, -0.15) is 0 Å². The lowest BCUT2D eigenvalue weighted by molar-refractivity contribution is -0.237. The molecule has 40 heavy (non-hydrogen) atoms. The maximum Gasteiger partial charge on any atom is 0.310 e. The minimum absolute atomic E-state index is 0.0402. The molecular formula is C31H40O9. The van der Waals surface area contributed by atoms with Gasteiger partial charge in [0.15, 0.2) is 11.4 Å². The summed E-state index contributed by atoms with van der Waals surface area (Å²) in [6.07, 6.45) is 2.49. The van der Waals surface area contributed by atoms with Crippen LogP contribution >= 0.6 is 0 Å². The van der Waals surface area contributed by atoms with E-state index in [0.717, 1.165) is 16.7 Å². The van der Waals surface area contributed by atoms with Crippen molar-refractivity contribution in [3.05, 3.63) is 35.3 Å². The van der Waals surface area contributed by atoms with Gasteiger partial charge in [0, 0.05) is 34.7 Å². The largest absolute Gasteiger partial charge is 0.472 e. The number of methoxy groups -OCH3 is 1. The quantitative estimate of drug-likeness (QED) is 0.317. The van der Waals surface area contributed by atoms with E-state index in [9.17, 15) is 24.3 Å². The number of fused-ring (bicyclic) bond motifs is 5. The number of ketones is 1. The Labute approximate surface area is 234 Å². The van der Waals surface area contributed by atoms with E-state index in [-0.39, 0.29) is 31.1 Å². The minimum atomic E-state index is -2.03. The maximum absolute atomic E-state index is 14.5. The summed E-state index contributed by atoms with van der Waals surface area (Å²) in [5, 5.41) is 12.4. The van der Waals surface area contributed by atoms with Crippen LogP contribution in [-0.2, 0) is 33.4 Å². The van der Waals surface area contributed by atoms with E-state index >= 15 is 0 Å². The number of hydrogen-bond donors (Lipinski definition) is 1. The van der Waals surface area contributed by atoms with Crippen molar-refractivity contribution in [3.8, 4) is 0 Å². The van der Waals surface area contributed by atoms with E-state index in [1.165, 1.54) is 7.11 Å². The van der Waals surface area contributed by atoms with Crippen LogP contribution in [0.15, 0.2) is 34.2 Å². The molecule has 2 heterocycles. The van der Waals surface area contributed by atoms with Crippen molar-refractivity contribution in [1.82, 2.24) is 0 Å². The van der Waals surface area contributed by atoms with Gasteiger partial charge in [-0.25, -0.2) is 0 Å². The lowest BCUT2D eigenvalue weighted by Crippen LogP contribution is -2.75. The summed E-state index contributed by atoms with van der Waals surface area (Å²) in [6, 6.07) is 1.78. The molecule has 5 rings (SSSR count). The summed E-state index contributed by atoms with van der Waals surface area (Å²) < 4.78 is 22.2. The second-order valence-corrected chi connectivity index (χ2v) is 13.5. The third-order valence-corrected chi connectivity index (χ3v) is 10.5. The number of cyclic esters (lactones) is 1. The zero-order valence-electron chi connectivity index (χ0n) is 24.4. The number of hydrogen-bond acceptors (Lipinski definition) is 9. The first-order valence-electron chi connectivity index (χ1n) is 14.1. The average Bonchev–Trinajstić information content (AvgIpc) is 3.42. The molecule has 218 valence electrons. The molecule has 0 spiro atoms. The minimum Gasteiger partial charge on any atom is -0.472 e. The van der Waals surface area contributed by atoms with Crippen molar-refractivity contribution in [1.29, 1.82) is 0 Å². The van der Waals surface area contributed by atoms with Crippen molar-refractivity contribution in [2.75, 3.05) is 7.11 Å². The number of ether oxygens (including phenoxy) is 3. The number of Topliss-reactive ketones (excluding diaryl/α,β-unsaturated/α-hetero) is 1. The smallest absolute Gasteiger partial charge is 0.310 e. The first kappa shape index (κ1) is 28.6. The van der Waals surface area contributed by atoms with Crippen molar-refractivity contribution < 1.29 is 42.9 Å². The zero-order valence-corrected chi connectivity index (χ0v) is 24.4. The van der Waals surface area contributed by atoms with Crippen LogP contribution in [0.4, 0.5) is 0 Å². The van der Waals surface area contributed by atoms with Gasteiger partial charge in [-0.1, -0.05) is 47.1 Å². The summed E-state index contributed by atoms with van der Waals surface area (Å²) >= 11 is 0. The molecule has 1 aromatic heterocycles. The molecule has 2 saturated carbocycles. The van der Waals surface area contributed by atoms with Crippen LogP contribution < -0.4 is 0 Å². The maximum atomic E-state index is 14.5. The summed E-state index contributed by atoms with van der Waals surface area (Å²) in [5.41, 5.74) is -2.29. The highest BCUT2D eigenvalue weighted by molar-refractivity contribution is 5.98. The standard InChI is InChI=1S/C31H40O9/c1-16(2)25(34)40-27-28(3,4)21(13-22(32)37-7)30(6)19-8-10-29(5)20(18(19)14-31(27,36)26(30)35)12-23(33)39-24(29)17-9-11-38-15-17/h9,11,15-16,19,21,24,27,36H,8,10,12-14H2,1-7H3. The van der Waals surface area contributed by atoms with Crippen molar-refractivity contribution in [2.45, 2.75) is 91.5 Å². The van der Waals surface area contributed by atoms with Gasteiger partial charge >= 0.3 is 17.9 Å². The Morgan fingerprint density at radius 2 is 1.88 bits per heavy atom. The summed E-state index contributed by atoms with van der Waals surface area (Å²) in [7, 11) is 1.30. The van der Waals surface area contributed by atoms with E-state index in [1.807, 2.05) is 20.8 Å². The molecule has 0 amide bonds. The van der Waals surface area contributed by atoms with Gasteiger partial charge in [0.2, 0.25) is 0 Å². The molecule has 0 radical (unpaired) electrons. The molecular weight excluding hydrogens is 516 g/mol. The molecule has 1 aliphatic heterocycles. The van der Waals surface area contributed by atoms with Gasteiger partial charge in [0.25, 0.3) is 0 Å². The molecule has 9 nitrogen and oxygen atoms in total. The van der Waals surface area contributed by atoms with Crippen molar-refractivity contribution in [2.24, 2.45) is 34.0 Å². The Morgan fingerprint density at radius 3 is 2.48 bits per heavy atom. The Hall–Kier alpha value is -2.94. The molecule has 3 aliphatic carbocycles. The lowest BCUT2D eigenvalue weighted by atomic mass is 9.39. The van der Waals surface area contributed by atoms with E-state index in [0.29, 0.717) is 12.8 Å². The van der Waals surface area contributed by atoms with Crippen molar-refractivity contribution in [3.63, 3.8) is 0 Å². The van der Waals surface area contributed by atoms with Crippen LogP contribution in [0.25, 0.3) is 0 Å². The molecule has 0 aromatic carbocycles. The number of carbonyl (C=O) groups excluding carboxylic acids is 4. The third-order valence-electron chi connectivity index (χ3n) is 10.5. The van der Waals surface area contributed by atoms with Crippen LogP contribution in [0, 0.1) is 34.0 Å². The number of furan rings is 1. The van der Waals surface area contributed by atoms with E-state index in [1.54, 1.807) is 32.4 Å². The molecule has 7 unspecified atom stereocenters. The van der Waals surface area contributed by atoms with Gasteiger partial charge in [0.05, 0.1) is 32.0 Å². The molecule has 9 heteroatoms. The monoisotopic (exact) mass is 556 g/mol. The molecule has 1 aromatic rings. The van der Waals surface area contributed by atoms with Crippen LogP contribution in [-0.4, -0.2) is 47.6 Å². The summed E-state index contributed by atoms with van der Waals surface area (Å²) in [4.78, 5) is 53.2. The predicted molar refractivity (Wildman–Crippen MR) is 141 cm³/mol. The number of rotatable bonds is 5. The highest BCUT2D eigenvalue weighted by Crippen LogP contribution is 2.69. The van der Waals surface area contributed by atoms with Crippen molar-refractivity contribution >= 4 is 23.7 Å². The topological polar surface area (TPSA) is 129 Å². The Kier molecular flexibility index (Phi) is 6.64. The van der Waals surface area contributed by atoms with Gasteiger partial charge < -0.3 is 23.7 Å². The zero-order chi connectivity index (χ0) is 29.4. The molecule has 1 N–H and O–H groups in total. The predicted octanol–water partition coefficient (Wildman–Crippen LogP) is 4.48. The third kappa shape index (κ3) is 3.83. The Balaban J connectivity index is 1.72. The summed E-state index contributed by atoms with van der Waals surface area (Å²) in [6.45, 7) is 11.0. The van der Waals surface area contributed by atoms with Gasteiger partial charge in [-0.05, 0) is 36.3 Å². The Morgan fingerprint density at radius 1 is 1.18 bits per heavy atom.